The second kappa shape index (κ2) is 5.42. The maximum Gasteiger partial charge on any atom is 0.349 e. The number of alkyl halides is 2. The predicted molar refractivity (Wildman–Crippen MR) is 71.9 cm³/mol. The zero-order valence-corrected chi connectivity index (χ0v) is 11.7. The fraction of sp³-hybridized carbons (Fsp3) is 0.467. The summed E-state index contributed by atoms with van der Waals surface area (Å²) in [5.41, 5.74) is -1.54. The maximum atomic E-state index is 14.2. The van der Waals surface area contributed by atoms with Crippen molar-refractivity contribution in [3.05, 3.63) is 35.9 Å². The molecule has 1 heterocycles. The minimum absolute atomic E-state index is 0.157. The number of carboxylic acid groups (broad SMARTS) is 1. The molecule has 0 bridgehead atoms. The molecular formula is C15H17F2NO3. The number of halogens is 2. The number of hydrogen-bond acceptors (Lipinski definition) is 2. The average Bonchev–Trinajstić information content (AvgIpc) is 2.47. The zero-order valence-electron chi connectivity index (χ0n) is 11.7. The predicted octanol–water partition coefficient (Wildman–Crippen LogP) is 2.49. The van der Waals surface area contributed by atoms with E-state index in [4.69, 9.17) is 0 Å². The lowest BCUT2D eigenvalue weighted by atomic mass is 9.82. The minimum Gasteiger partial charge on any atom is -0.481 e. The van der Waals surface area contributed by atoms with Crippen LogP contribution in [0, 0.1) is 5.41 Å². The molecule has 1 N–H and O–H groups in total. The molecule has 2 rings (SSSR count). The SMILES string of the molecule is CC1(C(=O)O)CCCN(C(=O)C(F)(F)c2ccccc2)C1. The lowest BCUT2D eigenvalue weighted by Gasteiger charge is -2.38. The number of nitrogens with zero attached hydrogens (tertiary/aromatic N) is 1. The Hall–Kier alpha value is -1.98. The lowest BCUT2D eigenvalue weighted by Crippen LogP contribution is -2.52. The molecule has 1 atom stereocenters. The van der Waals surface area contributed by atoms with E-state index in [0.717, 1.165) is 4.90 Å². The zero-order chi connectivity index (χ0) is 15.7. The summed E-state index contributed by atoms with van der Waals surface area (Å²) in [6, 6.07) is 6.85. The van der Waals surface area contributed by atoms with Gasteiger partial charge in [-0.2, -0.15) is 8.78 Å². The third-order valence-corrected chi connectivity index (χ3v) is 3.90. The first-order valence-corrected chi connectivity index (χ1v) is 6.73. The fourth-order valence-corrected chi connectivity index (χ4v) is 2.56. The van der Waals surface area contributed by atoms with Gasteiger partial charge < -0.3 is 10.0 Å². The van der Waals surface area contributed by atoms with E-state index >= 15 is 0 Å². The Bertz CT molecular complexity index is 547. The number of hydrogen-bond donors (Lipinski definition) is 1. The van der Waals surface area contributed by atoms with E-state index in [9.17, 15) is 23.5 Å². The van der Waals surface area contributed by atoms with Crippen LogP contribution in [0.2, 0.25) is 0 Å². The average molecular weight is 297 g/mol. The van der Waals surface area contributed by atoms with Gasteiger partial charge in [0.25, 0.3) is 5.91 Å². The second-order valence-corrected chi connectivity index (χ2v) is 5.64. The number of aliphatic carboxylic acids is 1. The van der Waals surface area contributed by atoms with E-state index < -0.39 is 23.2 Å². The quantitative estimate of drug-likeness (QED) is 0.932. The molecule has 1 aliphatic heterocycles. The van der Waals surface area contributed by atoms with E-state index in [1.54, 1.807) is 6.07 Å². The molecule has 1 saturated heterocycles. The molecule has 1 aliphatic rings. The highest BCUT2D eigenvalue weighted by molar-refractivity contribution is 5.86. The van der Waals surface area contributed by atoms with E-state index in [2.05, 4.69) is 0 Å². The van der Waals surface area contributed by atoms with Gasteiger partial charge in [0.15, 0.2) is 0 Å². The first-order chi connectivity index (χ1) is 9.77. The molecule has 0 aromatic heterocycles. The van der Waals surface area contributed by atoms with Crippen LogP contribution in [0.1, 0.15) is 25.3 Å². The van der Waals surface area contributed by atoms with Crippen molar-refractivity contribution in [1.29, 1.82) is 0 Å². The number of rotatable bonds is 3. The van der Waals surface area contributed by atoms with Gasteiger partial charge in [-0.25, -0.2) is 0 Å². The van der Waals surface area contributed by atoms with Crippen molar-refractivity contribution in [3.8, 4) is 0 Å². The van der Waals surface area contributed by atoms with Crippen molar-refractivity contribution in [2.75, 3.05) is 13.1 Å². The molecule has 0 saturated carbocycles. The Morgan fingerprint density at radius 2 is 1.90 bits per heavy atom. The van der Waals surface area contributed by atoms with Crippen LogP contribution in [0.15, 0.2) is 30.3 Å². The molecule has 0 radical (unpaired) electrons. The van der Waals surface area contributed by atoms with Crippen LogP contribution in [0.5, 0.6) is 0 Å². The summed E-state index contributed by atoms with van der Waals surface area (Å²) < 4.78 is 28.5. The van der Waals surface area contributed by atoms with Gasteiger partial charge in [-0.1, -0.05) is 30.3 Å². The molecule has 1 aromatic carbocycles. The molecule has 1 fully saturated rings. The van der Waals surface area contributed by atoms with E-state index in [0.29, 0.717) is 12.8 Å². The second-order valence-electron chi connectivity index (χ2n) is 5.64. The van der Waals surface area contributed by atoms with Crippen molar-refractivity contribution >= 4 is 11.9 Å². The number of carbonyl (C=O) groups excluding carboxylic acids is 1. The highest BCUT2D eigenvalue weighted by Crippen LogP contribution is 2.35. The van der Waals surface area contributed by atoms with Crippen LogP contribution >= 0.6 is 0 Å². The van der Waals surface area contributed by atoms with E-state index in [1.165, 1.54) is 31.2 Å². The van der Waals surface area contributed by atoms with Gasteiger partial charge in [-0.15, -0.1) is 0 Å². The first kappa shape index (κ1) is 15.4. The third-order valence-electron chi connectivity index (χ3n) is 3.90. The van der Waals surface area contributed by atoms with Crippen molar-refractivity contribution in [2.24, 2.45) is 5.41 Å². The Kier molecular flexibility index (Phi) is 3.98. The lowest BCUT2D eigenvalue weighted by molar-refractivity contribution is -0.166. The van der Waals surface area contributed by atoms with Crippen molar-refractivity contribution in [2.45, 2.75) is 25.7 Å². The van der Waals surface area contributed by atoms with Crippen LogP contribution < -0.4 is 0 Å². The van der Waals surface area contributed by atoms with Gasteiger partial charge >= 0.3 is 11.9 Å². The molecular weight excluding hydrogens is 280 g/mol. The molecule has 1 aromatic rings. The summed E-state index contributed by atoms with van der Waals surface area (Å²) in [6.45, 7) is 1.45. The summed E-state index contributed by atoms with van der Waals surface area (Å²) in [7, 11) is 0. The molecule has 6 heteroatoms. The number of carbonyl (C=O) groups is 2. The molecule has 1 amide bonds. The molecule has 21 heavy (non-hydrogen) atoms. The molecule has 0 aliphatic carbocycles. The highest BCUT2D eigenvalue weighted by Gasteiger charge is 2.48. The largest absolute Gasteiger partial charge is 0.481 e. The maximum absolute atomic E-state index is 14.2. The van der Waals surface area contributed by atoms with Crippen LogP contribution in [-0.2, 0) is 15.5 Å². The number of carboxylic acids is 1. The number of amides is 1. The topological polar surface area (TPSA) is 57.6 Å². The number of likely N-dealkylation sites (tertiary alicyclic amines) is 1. The molecule has 1 unspecified atom stereocenters. The van der Waals surface area contributed by atoms with Gasteiger partial charge in [0.1, 0.15) is 0 Å². The highest BCUT2D eigenvalue weighted by atomic mass is 19.3. The Morgan fingerprint density at radius 1 is 1.29 bits per heavy atom. The Labute approximate surface area is 121 Å². The fourth-order valence-electron chi connectivity index (χ4n) is 2.56. The number of benzene rings is 1. The van der Waals surface area contributed by atoms with Crippen LogP contribution in [-0.4, -0.2) is 35.0 Å². The van der Waals surface area contributed by atoms with Crippen molar-refractivity contribution < 1.29 is 23.5 Å². The molecule has 4 nitrogen and oxygen atoms in total. The molecule has 0 spiro atoms. The number of piperidine rings is 1. The van der Waals surface area contributed by atoms with Crippen LogP contribution in [0.25, 0.3) is 0 Å². The normalized spacial score (nSPS) is 22.9. The van der Waals surface area contributed by atoms with Crippen LogP contribution in [0.3, 0.4) is 0 Å². The van der Waals surface area contributed by atoms with Gasteiger partial charge in [0.05, 0.1) is 5.41 Å². The summed E-state index contributed by atoms with van der Waals surface area (Å²) in [6.07, 6.45) is 0.780. The van der Waals surface area contributed by atoms with E-state index in [1.807, 2.05) is 0 Å². The van der Waals surface area contributed by atoms with Crippen molar-refractivity contribution in [1.82, 2.24) is 4.90 Å². The summed E-state index contributed by atoms with van der Waals surface area (Å²) in [5, 5.41) is 9.19. The van der Waals surface area contributed by atoms with Crippen LogP contribution in [0.4, 0.5) is 8.78 Å². The smallest absolute Gasteiger partial charge is 0.349 e. The standard InChI is InChI=1S/C15H17F2NO3/c1-14(13(20)21)8-5-9-18(10-14)12(19)15(16,17)11-6-3-2-4-7-11/h2-4,6-7H,5,8-10H2,1H3,(H,20,21). The summed E-state index contributed by atoms with van der Waals surface area (Å²) in [4.78, 5) is 24.3. The summed E-state index contributed by atoms with van der Waals surface area (Å²) in [5.74, 6) is -6.04. The molecule has 114 valence electrons. The Balaban J connectivity index is 2.22. The monoisotopic (exact) mass is 297 g/mol. The van der Waals surface area contributed by atoms with Gasteiger partial charge in [0, 0.05) is 18.7 Å². The third kappa shape index (κ3) is 2.89. The Morgan fingerprint density at radius 3 is 2.48 bits per heavy atom. The van der Waals surface area contributed by atoms with E-state index in [-0.39, 0.29) is 18.7 Å². The van der Waals surface area contributed by atoms with Gasteiger partial charge in [-0.05, 0) is 19.8 Å². The summed E-state index contributed by atoms with van der Waals surface area (Å²) >= 11 is 0. The minimum atomic E-state index is -3.64. The van der Waals surface area contributed by atoms with Crippen molar-refractivity contribution in [3.63, 3.8) is 0 Å². The first-order valence-electron chi connectivity index (χ1n) is 6.73. The van der Waals surface area contributed by atoms with Gasteiger partial charge in [0.2, 0.25) is 0 Å². The van der Waals surface area contributed by atoms with Gasteiger partial charge in [-0.3, -0.25) is 9.59 Å².